The van der Waals surface area contributed by atoms with E-state index in [1.165, 1.54) is 12.3 Å². The van der Waals surface area contributed by atoms with Crippen LogP contribution in [0.15, 0.2) is 25.0 Å². The Kier molecular flexibility index (Phi) is 5.70. The van der Waals surface area contributed by atoms with Gasteiger partial charge in [0.1, 0.15) is 11.6 Å². The third-order valence-electron chi connectivity index (χ3n) is 4.32. The van der Waals surface area contributed by atoms with Crippen molar-refractivity contribution in [3.05, 3.63) is 30.6 Å². The van der Waals surface area contributed by atoms with Gasteiger partial charge in [-0.3, -0.25) is 9.59 Å². The molecule has 1 saturated heterocycles. The minimum Gasteiger partial charge on any atom is -0.471 e. The summed E-state index contributed by atoms with van der Waals surface area (Å²) in [5.41, 5.74) is 1.33. The van der Waals surface area contributed by atoms with E-state index in [0.717, 1.165) is 0 Å². The van der Waals surface area contributed by atoms with Crippen LogP contribution in [0.1, 0.15) is 23.7 Å². The fourth-order valence-electron chi connectivity index (χ4n) is 3.02. The number of H-pyrrole nitrogens is 1. The van der Waals surface area contributed by atoms with Gasteiger partial charge < -0.3 is 24.7 Å². The maximum absolute atomic E-state index is 12.5. The molecule has 0 aliphatic carbocycles. The van der Waals surface area contributed by atoms with Gasteiger partial charge >= 0.3 is 0 Å². The number of amides is 2. The molecule has 2 atom stereocenters. The van der Waals surface area contributed by atoms with E-state index >= 15 is 0 Å². The summed E-state index contributed by atoms with van der Waals surface area (Å²) in [7, 11) is 1.58. The van der Waals surface area contributed by atoms with E-state index < -0.39 is 0 Å². The Hall–Kier alpha value is -2.94. The van der Waals surface area contributed by atoms with Crippen molar-refractivity contribution in [3.8, 4) is 5.88 Å². The summed E-state index contributed by atoms with van der Waals surface area (Å²) in [6.45, 7) is 6.85. The van der Waals surface area contributed by atoms with E-state index in [1.54, 1.807) is 18.2 Å². The van der Waals surface area contributed by atoms with Crippen LogP contribution in [0.3, 0.4) is 0 Å². The second-order valence-corrected chi connectivity index (χ2v) is 6.45. The molecule has 1 aliphatic rings. The monoisotopic (exact) mass is 373 g/mol. The molecule has 2 amide bonds. The van der Waals surface area contributed by atoms with Crippen LogP contribution in [-0.4, -0.2) is 70.6 Å². The molecule has 0 radical (unpaired) electrons. The van der Waals surface area contributed by atoms with E-state index in [4.69, 9.17) is 9.47 Å². The average Bonchev–Trinajstić information content (AvgIpc) is 3.28. The summed E-state index contributed by atoms with van der Waals surface area (Å²) < 4.78 is 10.9. The number of hydrogen-bond donors (Lipinski definition) is 2. The van der Waals surface area contributed by atoms with Gasteiger partial charge in [-0.1, -0.05) is 6.58 Å². The smallest absolute Gasteiger partial charge is 0.255 e. The lowest BCUT2D eigenvalue weighted by Gasteiger charge is -2.15. The number of aromatic amines is 1. The second kappa shape index (κ2) is 8.17. The number of nitrogens with zero attached hydrogens (tertiary/aromatic N) is 3. The van der Waals surface area contributed by atoms with Crippen molar-refractivity contribution in [2.75, 3.05) is 26.8 Å². The molecule has 0 aromatic carbocycles. The molecule has 2 N–H and O–H groups in total. The third kappa shape index (κ3) is 4.25. The molecule has 144 valence electrons. The van der Waals surface area contributed by atoms with Gasteiger partial charge in [0.05, 0.1) is 24.9 Å². The van der Waals surface area contributed by atoms with Crippen molar-refractivity contribution in [3.63, 3.8) is 0 Å². The number of methoxy groups -OCH3 is 1. The van der Waals surface area contributed by atoms with E-state index in [1.807, 2.05) is 6.92 Å². The SMILES string of the molecule is C=CC(=O)N1CC[C@H](Oc2cnc3[nH]cc(C(=O)N[C@H](C)COC)c3n2)C1. The van der Waals surface area contributed by atoms with Crippen molar-refractivity contribution < 1.29 is 19.1 Å². The van der Waals surface area contributed by atoms with Gasteiger partial charge in [0.2, 0.25) is 11.8 Å². The first-order chi connectivity index (χ1) is 13.0. The van der Waals surface area contributed by atoms with Crippen LogP contribution < -0.4 is 10.1 Å². The summed E-state index contributed by atoms with van der Waals surface area (Å²) in [4.78, 5) is 37.5. The number of rotatable bonds is 7. The van der Waals surface area contributed by atoms with Crippen molar-refractivity contribution in [2.45, 2.75) is 25.5 Å². The average molecular weight is 373 g/mol. The highest BCUT2D eigenvalue weighted by Crippen LogP contribution is 2.21. The Bertz CT molecular complexity index is 849. The van der Waals surface area contributed by atoms with Gasteiger partial charge in [-0.15, -0.1) is 0 Å². The molecule has 27 heavy (non-hydrogen) atoms. The first kappa shape index (κ1) is 18.8. The minimum absolute atomic E-state index is 0.114. The number of carbonyl (C=O) groups excluding carboxylic acids is 2. The van der Waals surface area contributed by atoms with Gasteiger partial charge in [-0.05, 0) is 13.0 Å². The third-order valence-corrected chi connectivity index (χ3v) is 4.32. The van der Waals surface area contributed by atoms with Crippen LogP contribution in [0.25, 0.3) is 11.2 Å². The predicted molar refractivity (Wildman–Crippen MR) is 98.5 cm³/mol. The van der Waals surface area contributed by atoms with Gasteiger partial charge in [0.15, 0.2) is 5.65 Å². The summed E-state index contributed by atoms with van der Waals surface area (Å²) in [6.07, 6.45) is 4.91. The first-order valence-corrected chi connectivity index (χ1v) is 8.73. The van der Waals surface area contributed by atoms with Crippen molar-refractivity contribution >= 4 is 23.0 Å². The van der Waals surface area contributed by atoms with Gasteiger partial charge in [0.25, 0.3) is 5.91 Å². The van der Waals surface area contributed by atoms with Crippen LogP contribution >= 0.6 is 0 Å². The second-order valence-electron chi connectivity index (χ2n) is 6.45. The summed E-state index contributed by atoms with van der Waals surface area (Å²) in [6, 6.07) is -0.133. The summed E-state index contributed by atoms with van der Waals surface area (Å²) in [5.74, 6) is -0.0581. The zero-order chi connectivity index (χ0) is 19.4. The maximum atomic E-state index is 12.5. The molecule has 1 fully saturated rings. The van der Waals surface area contributed by atoms with Crippen LogP contribution in [0.4, 0.5) is 0 Å². The molecule has 2 aromatic rings. The largest absolute Gasteiger partial charge is 0.471 e. The lowest BCUT2D eigenvalue weighted by molar-refractivity contribution is -0.125. The highest BCUT2D eigenvalue weighted by atomic mass is 16.5. The van der Waals surface area contributed by atoms with Crippen LogP contribution in [0.2, 0.25) is 0 Å². The highest BCUT2D eigenvalue weighted by molar-refractivity contribution is 6.04. The van der Waals surface area contributed by atoms with Gasteiger partial charge in [-0.25, -0.2) is 9.97 Å². The topological polar surface area (TPSA) is 109 Å². The molecule has 0 unspecified atom stereocenters. The number of fused-ring (bicyclic) bond motifs is 1. The van der Waals surface area contributed by atoms with Gasteiger partial charge in [0, 0.05) is 32.3 Å². The molecule has 9 heteroatoms. The number of carbonyl (C=O) groups is 2. The van der Waals surface area contributed by atoms with Crippen molar-refractivity contribution in [1.29, 1.82) is 0 Å². The number of aromatic nitrogens is 3. The molecule has 3 heterocycles. The lowest BCUT2D eigenvalue weighted by atomic mass is 10.2. The fourth-order valence-corrected chi connectivity index (χ4v) is 3.02. The van der Waals surface area contributed by atoms with E-state index in [2.05, 4.69) is 26.8 Å². The van der Waals surface area contributed by atoms with E-state index in [9.17, 15) is 9.59 Å². The molecular weight excluding hydrogens is 350 g/mol. The Labute approximate surface area is 156 Å². The zero-order valence-corrected chi connectivity index (χ0v) is 15.4. The predicted octanol–water partition coefficient (Wildman–Crippen LogP) is 0.888. The maximum Gasteiger partial charge on any atom is 0.255 e. The normalized spacial score (nSPS) is 17.7. The standard InChI is InChI=1S/C18H23N5O4/c1-4-15(24)23-6-5-12(9-23)27-14-8-20-17-16(22-14)13(7-19-17)18(25)21-11(2)10-26-3/h4,7-8,11-12H,1,5-6,9-10H2,2-3H3,(H,19,20)(H,21,25)/t11-,12+/m1/s1. The van der Waals surface area contributed by atoms with Crippen LogP contribution in [0, 0.1) is 0 Å². The molecule has 2 aromatic heterocycles. The highest BCUT2D eigenvalue weighted by Gasteiger charge is 2.27. The molecule has 9 nitrogen and oxygen atoms in total. The van der Waals surface area contributed by atoms with E-state index in [-0.39, 0.29) is 24.0 Å². The number of likely N-dealkylation sites (tertiary alicyclic amines) is 1. The van der Waals surface area contributed by atoms with Crippen molar-refractivity contribution in [2.24, 2.45) is 0 Å². The van der Waals surface area contributed by atoms with E-state index in [0.29, 0.717) is 48.7 Å². The summed E-state index contributed by atoms with van der Waals surface area (Å²) >= 11 is 0. The van der Waals surface area contributed by atoms with Crippen LogP contribution in [-0.2, 0) is 9.53 Å². The summed E-state index contributed by atoms with van der Waals surface area (Å²) in [5, 5.41) is 2.85. The Morgan fingerprint density at radius 2 is 2.37 bits per heavy atom. The molecule has 0 spiro atoms. The molecule has 0 saturated carbocycles. The molecular formula is C18H23N5O4. The quantitative estimate of drug-likeness (QED) is 0.698. The zero-order valence-electron chi connectivity index (χ0n) is 15.4. The Morgan fingerprint density at radius 1 is 1.56 bits per heavy atom. The van der Waals surface area contributed by atoms with Crippen LogP contribution in [0.5, 0.6) is 5.88 Å². The first-order valence-electron chi connectivity index (χ1n) is 8.73. The molecule has 0 bridgehead atoms. The Balaban J connectivity index is 1.72. The number of nitrogens with one attached hydrogen (secondary N) is 2. The van der Waals surface area contributed by atoms with Crippen molar-refractivity contribution in [1.82, 2.24) is 25.2 Å². The minimum atomic E-state index is -0.263. The molecule has 1 aliphatic heterocycles. The molecule has 3 rings (SSSR count). The number of ether oxygens (including phenoxy) is 2. The number of hydrogen-bond acceptors (Lipinski definition) is 6. The van der Waals surface area contributed by atoms with Gasteiger partial charge in [-0.2, -0.15) is 0 Å². The fraction of sp³-hybridized carbons (Fsp3) is 0.444. The Morgan fingerprint density at radius 3 is 3.11 bits per heavy atom. The lowest BCUT2D eigenvalue weighted by Crippen LogP contribution is -2.35.